The summed E-state index contributed by atoms with van der Waals surface area (Å²) >= 11 is 0. The number of carbonyl (C=O) groups excluding carboxylic acids is 2. The van der Waals surface area contributed by atoms with Gasteiger partial charge in [0.15, 0.2) is 6.04 Å². The molecule has 2 aromatic rings. The van der Waals surface area contributed by atoms with Gasteiger partial charge in [0.2, 0.25) is 5.78 Å². The van der Waals surface area contributed by atoms with Crippen molar-refractivity contribution in [1.29, 1.82) is 0 Å². The fourth-order valence-corrected chi connectivity index (χ4v) is 4.04. The zero-order chi connectivity index (χ0) is 21.1. The molecule has 1 aliphatic heterocycles. The minimum absolute atomic E-state index is 0.00591. The molecule has 0 saturated carbocycles. The molecule has 3 rings (SSSR count). The number of rotatable bonds is 6. The molecular weight excluding hydrogens is 373 g/mol. The molecule has 2 heterocycles. The Morgan fingerprint density at radius 3 is 2.41 bits per heavy atom. The summed E-state index contributed by atoms with van der Waals surface area (Å²) in [6.45, 7) is 10.8. The zero-order valence-electron chi connectivity index (χ0n) is 17.5. The van der Waals surface area contributed by atoms with E-state index < -0.39 is 5.97 Å². The summed E-state index contributed by atoms with van der Waals surface area (Å²) in [6.07, 6.45) is 0. The van der Waals surface area contributed by atoms with Gasteiger partial charge in [0, 0.05) is 11.4 Å². The van der Waals surface area contributed by atoms with Gasteiger partial charge in [-0.05, 0) is 57.5 Å². The minimum atomic E-state index is -0.397. The van der Waals surface area contributed by atoms with E-state index in [1.165, 1.54) is 17.0 Å². The number of esters is 1. The number of ketones is 1. The van der Waals surface area contributed by atoms with Gasteiger partial charge in [0.1, 0.15) is 5.82 Å². The van der Waals surface area contributed by atoms with Gasteiger partial charge < -0.3 is 19.5 Å². The molecule has 1 aromatic carbocycles. The smallest absolute Gasteiger partial charge is 0.340 e. The number of nitrogens with zero attached hydrogens (tertiary/aromatic N) is 1. The van der Waals surface area contributed by atoms with Crippen LogP contribution in [-0.4, -0.2) is 55.6 Å². The van der Waals surface area contributed by atoms with E-state index in [1.807, 2.05) is 6.92 Å². The number of ether oxygens (including phenoxy) is 1. The van der Waals surface area contributed by atoms with E-state index >= 15 is 0 Å². The quantitative estimate of drug-likeness (QED) is 0.572. The number of hydrogen-bond donors (Lipinski definition) is 2. The number of carbonyl (C=O) groups is 2. The Kier molecular flexibility index (Phi) is 6.37. The van der Waals surface area contributed by atoms with Crippen molar-refractivity contribution in [1.82, 2.24) is 4.98 Å². The number of hydrogen-bond acceptors (Lipinski definition) is 4. The molecule has 7 heteroatoms. The monoisotopic (exact) mass is 402 g/mol. The molecule has 0 aliphatic carbocycles. The maximum absolute atomic E-state index is 13.1. The number of piperazine rings is 1. The summed E-state index contributed by atoms with van der Waals surface area (Å²) in [5, 5.41) is 0. The molecule has 1 aromatic heterocycles. The second-order valence-corrected chi connectivity index (χ2v) is 7.55. The van der Waals surface area contributed by atoms with E-state index in [4.69, 9.17) is 4.74 Å². The van der Waals surface area contributed by atoms with Gasteiger partial charge in [-0.3, -0.25) is 4.79 Å². The number of aryl methyl sites for hydroxylation is 1. The number of anilines is 1. The van der Waals surface area contributed by atoms with Crippen LogP contribution in [0.25, 0.3) is 0 Å². The lowest BCUT2D eigenvalue weighted by atomic mass is 10.0. The van der Waals surface area contributed by atoms with Gasteiger partial charge in [-0.15, -0.1) is 0 Å². The summed E-state index contributed by atoms with van der Waals surface area (Å²) < 4.78 is 18.3. The van der Waals surface area contributed by atoms with E-state index in [9.17, 15) is 14.0 Å². The number of aromatic nitrogens is 1. The summed E-state index contributed by atoms with van der Waals surface area (Å²) in [5.41, 5.74) is 3.26. The molecule has 1 fully saturated rings. The van der Waals surface area contributed by atoms with Crippen LogP contribution in [0.5, 0.6) is 0 Å². The lowest BCUT2D eigenvalue weighted by Crippen LogP contribution is -3.18. The fourth-order valence-electron chi connectivity index (χ4n) is 4.04. The van der Waals surface area contributed by atoms with E-state index in [0.717, 1.165) is 31.9 Å². The Bertz CT molecular complexity index is 883. The van der Waals surface area contributed by atoms with Crippen molar-refractivity contribution in [2.24, 2.45) is 0 Å². The Morgan fingerprint density at radius 2 is 1.83 bits per heavy atom. The van der Waals surface area contributed by atoms with Crippen LogP contribution in [0.15, 0.2) is 24.3 Å². The second-order valence-electron chi connectivity index (χ2n) is 7.55. The Balaban J connectivity index is 1.68. The van der Waals surface area contributed by atoms with Crippen molar-refractivity contribution in [3.8, 4) is 0 Å². The lowest BCUT2D eigenvalue weighted by Gasteiger charge is -2.36. The molecule has 0 bridgehead atoms. The molecule has 0 unspecified atom stereocenters. The highest BCUT2D eigenvalue weighted by Crippen LogP contribution is 2.20. The topological polar surface area (TPSA) is 66.8 Å². The van der Waals surface area contributed by atoms with Crippen LogP contribution in [0.1, 0.15) is 46.0 Å². The van der Waals surface area contributed by atoms with Crippen molar-refractivity contribution in [3.63, 3.8) is 0 Å². The maximum Gasteiger partial charge on any atom is 0.340 e. The largest absolute Gasteiger partial charge is 0.462 e. The number of Topliss-reactive ketones (excluding diaryl/α,β-unsaturated/α-hetero) is 1. The number of H-pyrrole nitrogens is 1. The zero-order valence-corrected chi connectivity index (χ0v) is 17.5. The van der Waals surface area contributed by atoms with Gasteiger partial charge >= 0.3 is 5.97 Å². The number of benzene rings is 1. The molecule has 1 atom stereocenters. The molecule has 0 amide bonds. The number of quaternary nitrogens is 1. The van der Waals surface area contributed by atoms with Crippen LogP contribution in [0, 0.1) is 19.7 Å². The van der Waals surface area contributed by atoms with Crippen LogP contribution in [-0.2, 0) is 4.74 Å². The molecule has 1 saturated heterocycles. The lowest BCUT2D eigenvalue weighted by molar-refractivity contribution is -0.914. The van der Waals surface area contributed by atoms with Gasteiger partial charge in [-0.2, -0.15) is 0 Å². The first kappa shape index (κ1) is 21.0. The van der Waals surface area contributed by atoms with Crippen molar-refractivity contribution < 1.29 is 23.6 Å². The summed E-state index contributed by atoms with van der Waals surface area (Å²) in [6, 6.07) is 6.29. The van der Waals surface area contributed by atoms with Crippen molar-refractivity contribution in [3.05, 3.63) is 52.6 Å². The van der Waals surface area contributed by atoms with E-state index in [2.05, 4.69) is 9.88 Å². The third kappa shape index (κ3) is 4.34. The molecule has 0 radical (unpaired) electrons. The highest BCUT2D eigenvalue weighted by Gasteiger charge is 2.33. The molecule has 6 nitrogen and oxygen atoms in total. The molecular formula is C22H29FN3O3+. The highest BCUT2D eigenvalue weighted by atomic mass is 19.1. The average Bonchev–Trinajstić information content (AvgIpc) is 3.02. The van der Waals surface area contributed by atoms with Gasteiger partial charge in [0.05, 0.1) is 44.0 Å². The van der Waals surface area contributed by atoms with Crippen LogP contribution in [0.4, 0.5) is 10.1 Å². The van der Waals surface area contributed by atoms with Gasteiger partial charge in [0.25, 0.3) is 0 Å². The van der Waals surface area contributed by atoms with E-state index in [0.29, 0.717) is 29.1 Å². The molecule has 29 heavy (non-hydrogen) atoms. The van der Waals surface area contributed by atoms with Crippen molar-refractivity contribution in [2.75, 3.05) is 37.7 Å². The number of aromatic amines is 1. The van der Waals surface area contributed by atoms with Crippen LogP contribution < -0.4 is 9.80 Å². The fraction of sp³-hybridized carbons (Fsp3) is 0.455. The standard InChI is InChI=1S/C22H28FN3O3/c1-5-29-22(28)19-14(2)20(24-15(19)3)21(27)16(4)25-10-12-26(13-11-25)18-8-6-17(23)7-9-18/h6-9,16,24H,5,10-13H2,1-4H3/p+1/t16-/m1/s1. The summed E-state index contributed by atoms with van der Waals surface area (Å²) in [5.74, 6) is -0.631. The predicted octanol–water partition coefficient (Wildman–Crippen LogP) is 1.92. The second kappa shape index (κ2) is 8.78. The van der Waals surface area contributed by atoms with Crippen LogP contribution in [0.3, 0.4) is 0 Å². The third-order valence-corrected chi connectivity index (χ3v) is 5.77. The van der Waals surface area contributed by atoms with E-state index in [1.54, 1.807) is 32.9 Å². The first-order chi connectivity index (χ1) is 13.8. The SMILES string of the molecule is CCOC(=O)c1c(C)[nH]c(C(=O)[C@@H](C)[NH+]2CCN(c3ccc(F)cc3)CC2)c1C. The third-order valence-electron chi connectivity index (χ3n) is 5.77. The molecule has 1 aliphatic rings. The molecule has 2 N–H and O–H groups in total. The normalized spacial score (nSPS) is 16.0. The Morgan fingerprint density at radius 1 is 1.21 bits per heavy atom. The average molecular weight is 402 g/mol. The Labute approximate surface area is 170 Å². The predicted molar refractivity (Wildman–Crippen MR) is 109 cm³/mol. The number of nitrogens with one attached hydrogen (secondary N) is 2. The number of halogens is 1. The van der Waals surface area contributed by atoms with E-state index in [-0.39, 0.29) is 17.6 Å². The first-order valence-electron chi connectivity index (χ1n) is 10.1. The van der Waals surface area contributed by atoms with Crippen LogP contribution in [0.2, 0.25) is 0 Å². The van der Waals surface area contributed by atoms with Gasteiger partial charge in [-0.1, -0.05) is 0 Å². The first-order valence-corrected chi connectivity index (χ1v) is 10.1. The highest BCUT2D eigenvalue weighted by molar-refractivity contribution is 6.03. The van der Waals surface area contributed by atoms with Crippen LogP contribution >= 0.6 is 0 Å². The minimum Gasteiger partial charge on any atom is -0.462 e. The Hall–Kier alpha value is -2.67. The summed E-state index contributed by atoms with van der Waals surface area (Å²) in [7, 11) is 0. The van der Waals surface area contributed by atoms with Crippen molar-refractivity contribution >= 4 is 17.4 Å². The maximum atomic E-state index is 13.1. The van der Waals surface area contributed by atoms with Crippen molar-refractivity contribution in [2.45, 2.75) is 33.7 Å². The van der Waals surface area contributed by atoms with Gasteiger partial charge in [-0.25, -0.2) is 9.18 Å². The summed E-state index contributed by atoms with van der Waals surface area (Å²) in [4.78, 5) is 31.9. The molecule has 0 spiro atoms. The molecule has 156 valence electrons.